The van der Waals surface area contributed by atoms with E-state index in [4.69, 9.17) is 11.6 Å². The molecule has 0 aliphatic rings. The van der Waals surface area contributed by atoms with Crippen LogP contribution in [0, 0.1) is 0 Å². The lowest BCUT2D eigenvalue weighted by Crippen LogP contribution is -2.09. The van der Waals surface area contributed by atoms with Crippen molar-refractivity contribution in [1.82, 2.24) is 4.57 Å². The molecule has 1 N–H and O–H groups in total. The summed E-state index contributed by atoms with van der Waals surface area (Å²) >= 11 is 6.02. The number of hydrogen-bond acceptors (Lipinski definition) is 1. The third-order valence-electron chi connectivity index (χ3n) is 3.78. The molecule has 0 aliphatic carbocycles. The Morgan fingerprint density at radius 1 is 1.05 bits per heavy atom. The van der Waals surface area contributed by atoms with Crippen LogP contribution in [0.1, 0.15) is 12.5 Å². The first kappa shape index (κ1) is 14.0. The van der Waals surface area contributed by atoms with Crippen LogP contribution >= 0.6 is 11.6 Å². The highest BCUT2D eigenvalue weighted by molar-refractivity contribution is 6.31. The maximum Gasteiger partial charge on any atom is 0.0481 e. The fourth-order valence-corrected chi connectivity index (χ4v) is 2.73. The number of halogens is 1. The highest BCUT2D eigenvalue weighted by atomic mass is 35.5. The monoisotopic (exact) mass is 298 g/mol. The van der Waals surface area contributed by atoms with Crippen LogP contribution in [-0.2, 0) is 13.0 Å². The fraction of sp³-hybridized carbons (Fsp3) is 0.222. The summed E-state index contributed by atoms with van der Waals surface area (Å²) in [5.41, 5.74) is 3.77. The van der Waals surface area contributed by atoms with E-state index in [0.717, 1.165) is 24.5 Å². The van der Waals surface area contributed by atoms with Gasteiger partial charge >= 0.3 is 0 Å². The number of anilines is 1. The summed E-state index contributed by atoms with van der Waals surface area (Å²) in [4.78, 5) is 0. The molecule has 3 aromatic rings. The van der Waals surface area contributed by atoms with Crippen molar-refractivity contribution in [2.45, 2.75) is 19.9 Å². The topological polar surface area (TPSA) is 17.0 Å². The van der Waals surface area contributed by atoms with Crippen LogP contribution in [0.3, 0.4) is 0 Å². The summed E-state index contributed by atoms with van der Waals surface area (Å²) < 4.78 is 2.25. The van der Waals surface area contributed by atoms with Gasteiger partial charge in [-0.05, 0) is 48.4 Å². The van der Waals surface area contributed by atoms with Crippen molar-refractivity contribution < 1.29 is 0 Å². The summed E-state index contributed by atoms with van der Waals surface area (Å²) in [5.74, 6) is 0. The molecule has 21 heavy (non-hydrogen) atoms. The van der Waals surface area contributed by atoms with Crippen LogP contribution in [0.2, 0.25) is 5.02 Å². The Balaban J connectivity index is 1.63. The van der Waals surface area contributed by atoms with Crippen molar-refractivity contribution in [1.29, 1.82) is 0 Å². The predicted octanol–water partition coefficient (Wildman–Crippen LogP) is 4.97. The second-order valence-corrected chi connectivity index (χ2v) is 5.63. The van der Waals surface area contributed by atoms with Gasteiger partial charge in [-0.1, -0.05) is 30.7 Å². The minimum atomic E-state index is 0.786. The smallest absolute Gasteiger partial charge is 0.0481 e. The maximum atomic E-state index is 6.02. The van der Waals surface area contributed by atoms with E-state index in [9.17, 15) is 0 Å². The Labute approximate surface area is 130 Å². The van der Waals surface area contributed by atoms with Crippen LogP contribution in [0.25, 0.3) is 10.9 Å². The van der Waals surface area contributed by atoms with E-state index in [1.165, 1.54) is 22.2 Å². The standard InChI is InChI=1S/C18H19ClN2/c1-2-14-3-6-17(7-4-14)20-10-12-21-11-9-15-13-16(19)5-8-18(15)21/h3-9,11,13,20H,2,10,12H2,1H3. The van der Waals surface area contributed by atoms with Gasteiger partial charge in [0.2, 0.25) is 0 Å². The molecule has 108 valence electrons. The van der Waals surface area contributed by atoms with Crippen molar-refractivity contribution in [2.75, 3.05) is 11.9 Å². The van der Waals surface area contributed by atoms with Gasteiger partial charge in [0.05, 0.1) is 0 Å². The van der Waals surface area contributed by atoms with E-state index >= 15 is 0 Å². The second-order valence-electron chi connectivity index (χ2n) is 5.19. The van der Waals surface area contributed by atoms with Gasteiger partial charge in [-0.2, -0.15) is 0 Å². The quantitative estimate of drug-likeness (QED) is 0.704. The number of nitrogens with zero attached hydrogens (tertiary/aromatic N) is 1. The van der Waals surface area contributed by atoms with E-state index in [-0.39, 0.29) is 0 Å². The minimum Gasteiger partial charge on any atom is -0.383 e. The number of rotatable bonds is 5. The zero-order chi connectivity index (χ0) is 14.7. The van der Waals surface area contributed by atoms with Crippen molar-refractivity contribution >= 4 is 28.2 Å². The zero-order valence-corrected chi connectivity index (χ0v) is 12.9. The summed E-state index contributed by atoms with van der Waals surface area (Å²) in [6.45, 7) is 4.00. The molecule has 0 aliphatic heterocycles. The molecule has 0 bridgehead atoms. The first-order valence-corrected chi connectivity index (χ1v) is 7.71. The van der Waals surface area contributed by atoms with Crippen molar-refractivity contribution in [3.8, 4) is 0 Å². The number of fused-ring (bicyclic) bond motifs is 1. The lowest BCUT2D eigenvalue weighted by molar-refractivity contribution is 0.757. The average Bonchev–Trinajstić information content (AvgIpc) is 2.90. The largest absolute Gasteiger partial charge is 0.383 e. The summed E-state index contributed by atoms with van der Waals surface area (Å²) in [6, 6.07) is 16.8. The molecule has 3 heteroatoms. The van der Waals surface area contributed by atoms with Gasteiger partial charge in [0.25, 0.3) is 0 Å². The second kappa shape index (κ2) is 6.23. The molecular formula is C18H19ClN2. The molecule has 3 rings (SSSR count). The number of aryl methyl sites for hydroxylation is 1. The number of hydrogen-bond donors (Lipinski definition) is 1. The summed E-state index contributed by atoms with van der Waals surface area (Å²) in [5, 5.41) is 5.44. The van der Waals surface area contributed by atoms with E-state index in [0.29, 0.717) is 0 Å². The van der Waals surface area contributed by atoms with Crippen molar-refractivity contribution in [2.24, 2.45) is 0 Å². The molecule has 0 saturated heterocycles. The van der Waals surface area contributed by atoms with Crippen molar-refractivity contribution in [3.63, 3.8) is 0 Å². The van der Waals surface area contributed by atoms with Gasteiger partial charge < -0.3 is 9.88 Å². The van der Waals surface area contributed by atoms with Gasteiger partial charge in [-0.25, -0.2) is 0 Å². The van der Waals surface area contributed by atoms with Gasteiger partial charge in [0.1, 0.15) is 0 Å². The Bertz CT molecular complexity index is 729. The molecule has 0 fully saturated rings. The van der Waals surface area contributed by atoms with Gasteiger partial charge in [-0.15, -0.1) is 0 Å². The molecule has 0 unspecified atom stereocenters. The Kier molecular flexibility index (Phi) is 4.16. The average molecular weight is 299 g/mol. The Morgan fingerprint density at radius 2 is 1.86 bits per heavy atom. The van der Waals surface area contributed by atoms with Crippen LogP contribution in [0.4, 0.5) is 5.69 Å². The zero-order valence-electron chi connectivity index (χ0n) is 12.1. The number of benzene rings is 2. The van der Waals surface area contributed by atoms with Crippen LogP contribution < -0.4 is 5.32 Å². The molecule has 2 aromatic carbocycles. The third-order valence-corrected chi connectivity index (χ3v) is 4.01. The minimum absolute atomic E-state index is 0.786. The van der Waals surface area contributed by atoms with Crippen molar-refractivity contribution in [3.05, 3.63) is 65.3 Å². The molecule has 0 saturated carbocycles. The van der Waals surface area contributed by atoms with Gasteiger partial charge in [0, 0.05) is 40.9 Å². The van der Waals surface area contributed by atoms with Crippen LogP contribution in [0.5, 0.6) is 0 Å². The van der Waals surface area contributed by atoms with Gasteiger partial charge in [-0.3, -0.25) is 0 Å². The number of nitrogens with one attached hydrogen (secondary N) is 1. The highest BCUT2D eigenvalue weighted by Gasteiger charge is 2.01. The highest BCUT2D eigenvalue weighted by Crippen LogP contribution is 2.20. The lowest BCUT2D eigenvalue weighted by atomic mass is 10.1. The van der Waals surface area contributed by atoms with E-state index < -0.39 is 0 Å². The molecule has 2 nitrogen and oxygen atoms in total. The molecule has 1 aromatic heterocycles. The number of aromatic nitrogens is 1. The van der Waals surface area contributed by atoms with Crippen LogP contribution in [0.15, 0.2) is 54.7 Å². The fourth-order valence-electron chi connectivity index (χ4n) is 2.54. The first-order valence-electron chi connectivity index (χ1n) is 7.33. The summed E-state index contributed by atoms with van der Waals surface area (Å²) in [6.07, 6.45) is 3.20. The molecule has 0 amide bonds. The molecule has 0 radical (unpaired) electrons. The lowest BCUT2D eigenvalue weighted by Gasteiger charge is -2.09. The normalized spacial score (nSPS) is 11.0. The Hall–Kier alpha value is -1.93. The first-order chi connectivity index (χ1) is 10.3. The molecular weight excluding hydrogens is 280 g/mol. The third kappa shape index (κ3) is 3.22. The van der Waals surface area contributed by atoms with E-state index in [1.54, 1.807) is 0 Å². The summed E-state index contributed by atoms with van der Waals surface area (Å²) in [7, 11) is 0. The van der Waals surface area contributed by atoms with E-state index in [1.807, 2.05) is 12.1 Å². The molecule has 0 atom stereocenters. The molecule has 0 spiro atoms. The predicted molar refractivity (Wildman–Crippen MR) is 91.3 cm³/mol. The van der Waals surface area contributed by atoms with Gasteiger partial charge in [0.15, 0.2) is 0 Å². The maximum absolute atomic E-state index is 6.02. The van der Waals surface area contributed by atoms with E-state index in [2.05, 4.69) is 59.4 Å². The van der Waals surface area contributed by atoms with Crippen LogP contribution in [-0.4, -0.2) is 11.1 Å². The molecule has 1 heterocycles. The SMILES string of the molecule is CCc1ccc(NCCn2ccc3cc(Cl)ccc32)cc1. The Morgan fingerprint density at radius 3 is 2.62 bits per heavy atom.